The number of ether oxygens (including phenoxy) is 6. The second-order valence-corrected chi connectivity index (χ2v) is 15.9. The number of hydrogen-bond acceptors (Lipinski definition) is 24. The molecule has 0 bridgehead atoms. The van der Waals surface area contributed by atoms with Gasteiger partial charge in [0, 0.05) is 45.3 Å². The van der Waals surface area contributed by atoms with E-state index in [1.165, 1.54) is 6.92 Å². The van der Waals surface area contributed by atoms with Crippen LogP contribution in [0.5, 0.6) is 0 Å². The van der Waals surface area contributed by atoms with Gasteiger partial charge in [-0.05, 0) is 19.8 Å². The highest BCUT2D eigenvalue weighted by molar-refractivity contribution is 6.01. The molecule has 12 N–H and O–H groups in total. The number of carbonyl (C=O) groups excluding carboxylic acids is 6. The number of carbonyl (C=O) groups is 6. The van der Waals surface area contributed by atoms with Gasteiger partial charge in [0.1, 0.15) is 80.2 Å². The fraction of sp³-hybridized carbons (Fsp3) is 0.842. The Morgan fingerprint density at radius 1 is 0.606 bits per heavy atom. The van der Waals surface area contributed by atoms with Crippen molar-refractivity contribution >= 4 is 35.5 Å². The largest absolute Gasteiger partial charge is 0.394 e. The van der Waals surface area contributed by atoms with Gasteiger partial charge in [-0.25, -0.2) is 4.79 Å². The van der Waals surface area contributed by atoms with Crippen LogP contribution in [-0.2, 0) is 62.0 Å². The molecule has 28 nitrogen and oxygen atoms in total. The summed E-state index contributed by atoms with van der Waals surface area (Å²) in [6.45, 7) is -3.76. The number of amides is 5. The highest BCUT2D eigenvalue weighted by Crippen LogP contribution is 2.24. The third-order valence-corrected chi connectivity index (χ3v) is 11.1. The van der Waals surface area contributed by atoms with E-state index < -0.39 is 167 Å². The number of aliphatic hydroxyl groups excluding tert-OH is 11. The van der Waals surface area contributed by atoms with Crippen LogP contribution in [0.25, 0.3) is 0 Å². The quantitative estimate of drug-likeness (QED) is 0.0316. The molecule has 66 heavy (non-hydrogen) atoms. The molecule has 4 heterocycles. The molecule has 0 aromatic heterocycles. The number of hydroxylamine groups is 2. The minimum Gasteiger partial charge on any atom is -0.394 e. The standard InChI is InChI=1S/C38H62N4O24/c1-18-27(51)30(54)33(57)36(63-18)60-11-8-39-21(45)14-41(22(46)4-2-3-5-26(50)66-42-23(47)6-7-24(42)48)15-25(49)40(9-12-61-37-34(58)31(55)28(52)19(16-43)64-37)10-13-62-38-35(59)32(56)29(53)20(17-44)65-38/h18-20,27-38,43-44,51-59H,2-17H2,1H3,(H,39,45)/t18-,19+,20+,27+,28+,29+,30+,31-,32-,33-,34-,35-,36+,37-,38-/m0/s1. The summed E-state index contributed by atoms with van der Waals surface area (Å²) < 4.78 is 32.6. The van der Waals surface area contributed by atoms with Crippen LogP contribution >= 0.6 is 0 Å². The first-order valence-electron chi connectivity index (χ1n) is 21.3. The minimum absolute atomic E-state index is 0.00223. The predicted molar refractivity (Wildman–Crippen MR) is 210 cm³/mol. The molecular weight excluding hydrogens is 896 g/mol. The first kappa shape index (κ1) is 54.9. The number of nitrogens with one attached hydrogen (secondary N) is 1. The smallest absolute Gasteiger partial charge is 0.333 e. The maximum atomic E-state index is 14.0. The van der Waals surface area contributed by atoms with E-state index in [9.17, 15) is 84.9 Å². The molecule has 0 aromatic rings. The summed E-state index contributed by atoms with van der Waals surface area (Å²) in [5.74, 6) is -4.70. The van der Waals surface area contributed by atoms with Crippen molar-refractivity contribution in [1.29, 1.82) is 0 Å². The Morgan fingerprint density at radius 2 is 1.08 bits per heavy atom. The van der Waals surface area contributed by atoms with E-state index >= 15 is 0 Å². The van der Waals surface area contributed by atoms with E-state index in [-0.39, 0.29) is 64.8 Å². The summed E-state index contributed by atoms with van der Waals surface area (Å²) in [5.41, 5.74) is 0. The Labute approximate surface area is 377 Å². The van der Waals surface area contributed by atoms with E-state index in [4.69, 9.17) is 33.3 Å². The van der Waals surface area contributed by atoms with Crippen molar-refractivity contribution in [2.45, 2.75) is 138 Å². The van der Waals surface area contributed by atoms with Crippen molar-refractivity contribution in [2.75, 3.05) is 65.8 Å². The number of imide groups is 1. The van der Waals surface area contributed by atoms with Crippen LogP contribution in [0.2, 0.25) is 0 Å². The van der Waals surface area contributed by atoms with Gasteiger partial charge in [-0.1, -0.05) is 0 Å². The molecule has 5 amide bonds. The minimum atomic E-state index is -1.80. The maximum absolute atomic E-state index is 14.0. The summed E-state index contributed by atoms with van der Waals surface area (Å²) >= 11 is 0. The van der Waals surface area contributed by atoms with Crippen molar-refractivity contribution in [3.05, 3.63) is 0 Å². The highest BCUT2D eigenvalue weighted by atomic mass is 16.7. The average Bonchev–Trinajstić information content (AvgIpc) is 3.60. The molecule has 0 radical (unpaired) electrons. The molecule has 0 aromatic carbocycles. The maximum Gasteiger partial charge on any atom is 0.333 e. The van der Waals surface area contributed by atoms with E-state index in [0.29, 0.717) is 5.06 Å². The zero-order valence-corrected chi connectivity index (χ0v) is 36.0. The van der Waals surface area contributed by atoms with Crippen LogP contribution < -0.4 is 5.32 Å². The lowest BCUT2D eigenvalue weighted by Crippen LogP contribution is -2.59. The molecular formula is C38H62N4O24. The second kappa shape index (κ2) is 26.2. The molecule has 0 saturated carbocycles. The van der Waals surface area contributed by atoms with Gasteiger partial charge in [0.2, 0.25) is 17.7 Å². The number of nitrogens with zero attached hydrogens (tertiary/aromatic N) is 3. The summed E-state index contributed by atoms with van der Waals surface area (Å²) in [7, 11) is 0. The van der Waals surface area contributed by atoms with Crippen LogP contribution in [-0.4, -0.2) is 264 Å². The molecule has 4 saturated heterocycles. The van der Waals surface area contributed by atoms with Crippen molar-refractivity contribution in [2.24, 2.45) is 0 Å². The second-order valence-electron chi connectivity index (χ2n) is 15.9. The van der Waals surface area contributed by atoms with Gasteiger partial charge >= 0.3 is 5.97 Å². The predicted octanol–water partition coefficient (Wildman–Crippen LogP) is -8.60. The van der Waals surface area contributed by atoms with Gasteiger partial charge in [-0.15, -0.1) is 5.06 Å². The monoisotopic (exact) mass is 958 g/mol. The lowest BCUT2D eigenvalue weighted by atomic mass is 9.99. The van der Waals surface area contributed by atoms with Crippen LogP contribution in [0.1, 0.15) is 45.4 Å². The molecule has 4 aliphatic rings. The van der Waals surface area contributed by atoms with Gasteiger partial charge in [0.25, 0.3) is 11.8 Å². The molecule has 0 aliphatic carbocycles. The molecule has 28 heteroatoms. The van der Waals surface area contributed by atoms with Gasteiger partial charge < -0.3 is 105 Å². The molecule has 0 spiro atoms. The zero-order valence-electron chi connectivity index (χ0n) is 36.0. The number of hydrogen-bond donors (Lipinski definition) is 12. The number of rotatable bonds is 24. The van der Waals surface area contributed by atoms with Gasteiger partial charge in [0.15, 0.2) is 18.9 Å². The lowest BCUT2D eigenvalue weighted by molar-refractivity contribution is -0.303. The fourth-order valence-electron chi connectivity index (χ4n) is 7.08. The SMILES string of the molecule is C[C@@H]1O[C@@H](OCCNC(=O)CN(CC(=O)N(CCO[C@H]2O[C@H](CO)[C@@H](O)[C@H](O)[C@@H]2O)CCO[C@H]2O[C@H](CO)[C@@H](O)[C@H](O)[C@@H]2O)C(=O)CCCCC(=O)ON2C(=O)CCC2=O)[C@@H](O)[C@H](O)[C@@H]1O. The Balaban J connectivity index is 1.43. The van der Waals surface area contributed by atoms with Crippen LogP contribution in [0, 0.1) is 0 Å². The lowest BCUT2D eigenvalue weighted by Gasteiger charge is -2.40. The topological polar surface area (TPSA) is 411 Å². The molecule has 0 unspecified atom stereocenters. The van der Waals surface area contributed by atoms with Crippen molar-refractivity contribution in [1.82, 2.24) is 20.2 Å². The first-order chi connectivity index (χ1) is 31.3. The van der Waals surface area contributed by atoms with Crippen molar-refractivity contribution < 1.29 is 118 Å². The van der Waals surface area contributed by atoms with Crippen LogP contribution in [0.15, 0.2) is 0 Å². The molecule has 378 valence electrons. The third-order valence-electron chi connectivity index (χ3n) is 11.1. The highest BCUT2D eigenvalue weighted by Gasteiger charge is 2.46. The summed E-state index contributed by atoms with van der Waals surface area (Å²) in [4.78, 5) is 83.5. The summed E-state index contributed by atoms with van der Waals surface area (Å²) in [5, 5.41) is 114. The third kappa shape index (κ3) is 14.9. The Hall–Kier alpha value is -3.66. The van der Waals surface area contributed by atoms with Crippen LogP contribution in [0.3, 0.4) is 0 Å². The molecule has 4 fully saturated rings. The summed E-state index contributed by atoms with van der Waals surface area (Å²) in [6, 6.07) is 0. The van der Waals surface area contributed by atoms with Gasteiger partial charge in [0.05, 0.1) is 39.1 Å². The van der Waals surface area contributed by atoms with Crippen molar-refractivity contribution in [3.63, 3.8) is 0 Å². The normalized spacial score (nSPS) is 33.7. The van der Waals surface area contributed by atoms with Crippen molar-refractivity contribution in [3.8, 4) is 0 Å². The van der Waals surface area contributed by atoms with E-state index in [2.05, 4.69) is 5.32 Å². The first-order valence-corrected chi connectivity index (χ1v) is 21.3. The fourth-order valence-corrected chi connectivity index (χ4v) is 7.08. The molecule has 15 atom stereocenters. The average molecular weight is 959 g/mol. The van der Waals surface area contributed by atoms with Gasteiger partial charge in [-0.2, -0.15) is 0 Å². The molecule has 4 rings (SSSR count). The molecule has 4 aliphatic heterocycles. The Morgan fingerprint density at radius 3 is 1.59 bits per heavy atom. The Kier molecular flexibility index (Phi) is 21.8. The van der Waals surface area contributed by atoms with E-state index in [1.54, 1.807) is 0 Å². The number of aliphatic hydroxyl groups is 11. The van der Waals surface area contributed by atoms with Crippen LogP contribution in [0.4, 0.5) is 0 Å². The Bertz CT molecular complexity index is 1550. The van der Waals surface area contributed by atoms with E-state index in [0.717, 1.165) is 9.80 Å². The van der Waals surface area contributed by atoms with Gasteiger partial charge in [-0.3, -0.25) is 24.0 Å². The zero-order chi connectivity index (χ0) is 48.8. The summed E-state index contributed by atoms with van der Waals surface area (Å²) in [6.07, 6.45) is -24.1. The van der Waals surface area contributed by atoms with E-state index in [1.807, 2.05) is 0 Å². The number of unbranched alkanes of at least 4 members (excludes halogenated alkanes) is 1.